The third-order valence-electron chi connectivity index (χ3n) is 4.42. The molecular weight excluding hydrogens is 500 g/mol. The van der Waals surface area contributed by atoms with Crippen molar-refractivity contribution >= 4 is 56.5 Å². The molecule has 0 bridgehead atoms. The van der Waals surface area contributed by atoms with Crippen molar-refractivity contribution in [3.8, 4) is 17.2 Å². The minimum atomic E-state index is -1.34. The summed E-state index contributed by atoms with van der Waals surface area (Å²) in [6.07, 6.45) is 1.72. The van der Waals surface area contributed by atoms with E-state index in [1.807, 2.05) is 19.1 Å². The number of carbonyl (C=O) groups excluding carboxylic acids is 2. The Labute approximate surface area is 198 Å². The van der Waals surface area contributed by atoms with Gasteiger partial charge in [0.25, 0.3) is 5.91 Å². The average molecular weight is 520 g/mol. The zero-order valence-corrected chi connectivity index (χ0v) is 20.0. The van der Waals surface area contributed by atoms with Crippen LogP contribution in [0, 0.1) is 0 Å². The Morgan fingerprint density at radius 3 is 2.50 bits per heavy atom. The van der Waals surface area contributed by atoms with Gasteiger partial charge < -0.3 is 24.1 Å². The lowest BCUT2D eigenvalue weighted by Crippen LogP contribution is -2.29. The second-order valence-corrected chi connectivity index (χ2v) is 8.30. The van der Waals surface area contributed by atoms with E-state index in [4.69, 9.17) is 14.2 Å². The van der Waals surface area contributed by atoms with Crippen LogP contribution in [0.5, 0.6) is 17.2 Å². The number of aliphatic carboxylic acids is 1. The minimum absolute atomic E-state index is 0.159. The van der Waals surface area contributed by atoms with Crippen LogP contribution in [0.25, 0.3) is 6.08 Å². The summed E-state index contributed by atoms with van der Waals surface area (Å²) in [6.45, 7) is 1.75. The van der Waals surface area contributed by atoms with Gasteiger partial charge in [-0.15, -0.1) is 0 Å². The molecule has 8 nitrogen and oxygen atoms in total. The second-order valence-electron chi connectivity index (χ2n) is 6.44. The third-order valence-corrected chi connectivity index (χ3v) is 6.11. The Bertz CT molecular complexity index is 1080. The van der Waals surface area contributed by atoms with Gasteiger partial charge in [0, 0.05) is 11.0 Å². The summed E-state index contributed by atoms with van der Waals surface area (Å²) in [4.78, 5) is 30.3. The maximum atomic E-state index is 12.9. The van der Waals surface area contributed by atoms with E-state index in [1.165, 1.54) is 18.9 Å². The summed E-state index contributed by atoms with van der Waals surface area (Å²) in [7, 11) is 3.04. The van der Waals surface area contributed by atoms with Gasteiger partial charge in [-0.3, -0.25) is 9.69 Å². The van der Waals surface area contributed by atoms with Crippen LogP contribution in [0.1, 0.15) is 12.5 Å². The van der Waals surface area contributed by atoms with Gasteiger partial charge in [0.1, 0.15) is 12.4 Å². The second kappa shape index (κ2) is 10.6. The summed E-state index contributed by atoms with van der Waals surface area (Å²) in [5.74, 6) is -0.203. The summed E-state index contributed by atoms with van der Waals surface area (Å²) in [5.41, 5.74) is 1.37. The predicted octanol–water partition coefficient (Wildman–Crippen LogP) is 3.22. The minimum Gasteiger partial charge on any atom is -0.546 e. The molecule has 32 heavy (non-hydrogen) atoms. The Hall–Kier alpha value is -2.98. The first-order valence-corrected chi connectivity index (χ1v) is 11.1. The molecule has 0 spiro atoms. The number of hydrogen-bond donors (Lipinski definition) is 0. The molecule has 0 unspecified atom stereocenters. The quantitative estimate of drug-likeness (QED) is 0.493. The number of amidine groups is 1. The first-order valence-electron chi connectivity index (χ1n) is 9.50. The van der Waals surface area contributed by atoms with E-state index in [9.17, 15) is 14.7 Å². The Kier molecular flexibility index (Phi) is 7.81. The van der Waals surface area contributed by atoms with Gasteiger partial charge >= 0.3 is 0 Å². The molecule has 3 rings (SSSR count). The lowest BCUT2D eigenvalue weighted by Gasteiger charge is -2.13. The van der Waals surface area contributed by atoms with Gasteiger partial charge in [0.2, 0.25) is 0 Å². The highest BCUT2D eigenvalue weighted by Crippen LogP contribution is 2.38. The number of rotatable bonds is 8. The number of amides is 1. The molecule has 0 atom stereocenters. The molecule has 1 heterocycles. The third kappa shape index (κ3) is 5.43. The molecular formula is C22H20BrN2O6S-. The van der Waals surface area contributed by atoms with Crippen LogP contribution >= 0.6 is 27.7 Å². The standard InChI is InChI=1S/C22H21BrN2O6S/c1-4-25-21(28)19(32-22(25)24-14-5-7-15(29-2)8-6-14)10-13-9-17(30-3)18(11-16(13)23)31-12-20(26)27/h5-11H,4,12H2,1-3H3,(H,26,27)/p-1/b19-10-,24-22?. The molecule has 1 fully saturated rings. The van der Waals surface area contributed by atoms with Gasteiger partial charge in [-0.1, -0.05) is 15.9 Å². The first-order chi connectivity index (χ1) is 15.4. The van der Waals surface area contributed by atoms with Crippen LogP contribution in [0.4, 0.5) is 5.69 Å². The smallest absolute Gasteiger partial charge is 0.266 e. The molecule has 0 N–H and O–H groups in total. The molecule has 1 saturated heterocycles. The van der Waals surface area contributed by atoms with Crippen LogP contribution in [0.3, 0.4) is 0 Å². The number of likely N-dealkylation sites (N-methyl/N-ethyl adjacent to an activating group) is 1. The van der Waals surface area contributed by atoms with E-state index >= 15 is 0 Å². The lowest BCUT2D eigenvalue weighted by molar-refractivity contribution is -0.307. The van der Waals surface area contributed by atoms with Crippen LogP contribution in [-0.2, 0) is 9.59 Å². The molecule has 168 valence electrons. The van der Waals surface area contributed by atoms with Crippen molar-refractivity contribution in [1.82, 2.24) is 4.90 Å². The van der Waals surface area contributed by atoms with E-state index in [-0.39, 0.29) is 11.7 Å². The first kappa shape index (κ1) is 23.7. The molecule has 1 aliphatic rings. The summed E-state index contributed by atoms with van der Waals surface area (Å²) < 4.78 is 16.3. The van der Waals surface area contributed by atoms with Crippen molar-refractivity contribution in [2.24, 2.45) is 4.99 Å². The Balaban J connectivity index is 1.91. The van der Waals surface area contributed by atoms with Crippen LogP contribution in [-0.4, -0.2) is 49.3 Å². The van der Waals surface area contributed by atoms with E-state index < -0.39 is 12.6 Å². The maximum Gasteiger partial charge on any atom is 0.266 e. The number of methoxy groups -OCH3 is 2. The lowest BCUT2D eigenvalue weighted by atomic mass is 10.2. The molecule has 1 aliphatic heterocycles. The fourth-order valence-electron chi connectivity index (χ4n) is 2.85. The number of ether oxygens (including phenoxy) is 3. The molecule has 0 aromatic heterocycles. The van der Waals surface area contributed by atoms with Crippen molar-refractivity contribution in [2.45, 2.75) is 6.92 Å². The number of hydrogen-bond acceptors (Lipinski definition) is 8. The van der Waals surface area contributed by atoms with E-state index in [0.29, 0.717) is 38.1 Å². The van der Waals surface area contributed by atoms with Crippen molar-refractivity contribution in [2.75, 3.05) is 27.4 Å². The average Bonchev–Trinajstić information content (AvgIpc) is 3.07. The van der Waals surface area contributed by atoms with Crippen molar-refractivity contribution in [3.63, 3.8) is 0 Å². The highest BCUT2D eigenvalue weighted by Gasteiger charge is 2.32. The highest BCUT2D eigenvalue weighted by atomic mass is 79.9. The van der Waals surface area contributed by atoms with Crippen LogP contribution in [0.2, 0.25) is 0 Å². The van der Waals surface area contributed by atoms with Crippen molar-refractivity contribution in [1.29, 1.82) is 0 Å². The van der Waals surface area contributed by atoms with Crippen LogP contribution < -0.4 is 19.3 Å². The number of aliphatic imine (C=N–C) groups is 1. The molecule has 2 aromatic rings. The topological polar surface area (TPSA) is 100 Å². The number of carboxylic acid groups (broad SMARTS) is 1. The molecule has 1 amide bonds. The molecule has 0 radical (unpaired) electrons. The zero-order valence-electron chi connectivity index (χ0n) is 17.6. The van der Waals surface area contributed by atoms with Gasteiger partial charge in [-0.25, -0.2) is 4.99 Å². The fourth-order valence-corrected chi connectivity index (χ4v) is 4.34. The SMILES string of the molecule is CCN1C(=O)/C(=C/c2cc(OC)c(OCC(=O)[O-])cc2Br)SC1=Nc1ccc(OC)cc1. The van der Waals surface area contributed by atoms with Gasteiger partial charge in [0.15, 0.2) is 16.7 Å². The normalized spacial score (nSPS) is 16.0. The fraction of sp³-hybridized carbons (Fsp3) is 0.227. The predicted molar refractivity (Wildman–Crippen MR) is 124 cm³/mol. The van der Waals surface area contributed by atoms with E-state index in [0.717, 1.165) is 5.75 Å². The summed E-state index contributed by atoms with van der Waals surface area (Å²) in [6, 6.07) is 10.5. The highest BCUT2D eigenvalue weighted by molar-refractivity contribution is 9.10. The van der Waals surface area contributed by atoms with Gasteiger partial charge in [-0.2, -0.15) is 0 Å². The number of nitrogens with zero attached hydrogens (tertiary/aromatic N) is 2. The molecule has 0 aliphatic carbocycles. The number of carboxylic acids is 1. The van der Waals surface area contributed by atoms with Crippen LogP contribution in [0.15, 0.2) is 50.8 Å². The number of carbonyl (C=O) groups is 2. The largest absolute Gasteiger partial charge is 0.546 e. The van der Waals surface area contributed by atoms with Gasteiger partial charge in [0.05, 0.1) is 30.8 Å². The number of thioether (sulfide) groups is 1. The summed E-state index contributed by atoms with van der Waals surface area (Å²) in [5, 5.41) is 11.3. The molecule has 10 heteroatoms. The zero-order chi connectivity index (χ0) is 23.3. The monoisotopic (exact) mass is 519 g/mol. The Morgan fingerprint density at radius 2 is 1.91 bits per heavy atom. The van der Waals surface area contributed by atoms with E-state index in [2.05, 4.69) is 20.9 Å². The Morgan fingerprint density at radius 1 is 1.19 bits per heavy atom. The molecule has 2 aromatic carbocycles. The van der Waals surface area contributed by atoms with E-state index in [1.54, 1.807) is 42.4 Å². The number of benzene rings is 2. The van der Waals surface area contributed by atoms with Gasteiger partial charge in [-0.05, 0) is 66.7 Å². The van der Waals surface area contributed by atoms with Crippen molar-refractivity contribution < 1.29 is 28.9 Å². The summed E-state index contributed by atoms with van der Waals surface area (Å²) >= 11 is 4.71. The maximum absolute atomic E-state index is 12.9. The molecule has 0 saturated carbocycles. The van der Waals surface area contributed by atoms with Crippen molar-refractivity contribution in [3.05, 3.63) is 51.3 Å². The number of halogens is 1.